The molecule has 0 bridgehead atoms. The first kappa shape index (κ1) is 22.3. The average molecular weight is 464 g/mol. The third-order valence-electron chi connectivity index (χ3n) is 6.25. The molecule has 0 N–H and O–H groups in total. The smallest absolute Gasteiger partial charge is 0.330 e. The van der Waals surface area contributed by atoms with Crippen LogP contribution in [0.3, 0.4) is 0 Å². The van der Waals surface area contributed by atoms with Crippen molar-refractivity contribution < 1.29 is 0 Å². The molecule has 8 heteroatoms. The van der Waals surface area contributed by atoms with Gasteiger partial charge in [-0.25, -0.2) is 19.7 Å². The van der Waals surface area contributed by atoms with Gasteiger partial charge in [-0.1, -0.05) is 62.4 Å². The summed E-state index contributed by atoms with van der Waals surface area (Å²) in [6.07, 6.45) is 3.43. The topological polar surface area (TPSA) is 94.3 Å². The van der Waals surface area contributed by atoms with Crippen LogP contribution in [0.25, 0.3) is 33.9 Å². The Kier molecular flexibility index (Phi) is 5.53. The third kappa shape index (κ3) is 3.91. The minimum Gasteiger partial charge on any atom is -0.333 e. The molecule has 0 saturated heterocycles. The van der Waals surface area contributed by atoms with Gasteiger partial charge in [-0.15, -0.1) is 0 Å². The summed E-state index contributed by atoms with van der Waals surface area (Å²) >= 11 is 0. The standard InChI is InChI=1S/C27H25N7O/c1-17(2)21-7-5-6-8-22(21)24-29-14-23-26(31-24)34(27(35)33(23)4)15-18-9-11-19(12-10-18)25-30-20(13-28)16-32(25)3/h5-12,14,16-17H,15H2,1-4H3. The van der Waals surface area contributed by atoms with Crippen LogP contribution in [0.1, 0.15) is 36.6 Å². The molecule has 8 nitrogen and oxygen atoms in total. The zero-order chi connectivity index (χ0) is 24.7. The summed E-state index contributed by atoms with van der Waals surface area (Å²) in [7, 11) is 3.60. The SMILES string of the molecule is CC(C)c1ccccc1-c1ncc2c(n1)n(Cc1ccc(-c3nc(C#N)cn3C)cc1)c(=O)n2C. The number of rotatable bonds is 5. The van der Waals surface area contributed by atoms with Gasteiger partial charge < -0.3 is 4.57 Å². The van der Waals surface area contributed by atoms with Gasteiger partial charge in [0, 0.05) is 31.4 Å². The fourth-order valence-corrected chi connectivity index (χ4v) is 4.38. The van der Waals surface area contributed by atoms with Crippen molar-refractivity contribution in [1.82, 2.24) is 28.7 Å². The maximum atomic E-state index is 13.1. The van der Waals surface area contributed by atoms with Gasteiger partial charge in [0.1, 0.15) is 17.4 Å². The van der Waals surface area contributed by atoms with Crippen molar-refractivity contribution in [2.75, 3.05) is 0 Å². The number of hydrogen-bond acceptors (Lipinski definition) is 5. The Morgan fingerprint density at radius 1 is 1.03 bits per heavy atom. The molecule has 0 spiro atoms. The molecular formula is C27H25N7O. The summed E-state index contributed by atoms with van der Waals surface area (Å²) in [6.45, 7) is 4.67. The number of nitriles is 1. The predicted molar refractivity (Wildman–Crippen MR) is 135 cm³/mol. The molecule has 174 valence electrons. The number of imidazole rings is 2. The van der Waals surface area contributed by atoms with Crippen molar-refractivity contribution in [2.24, 2.45) is 14.1 Å². The number of hydrogen-bond donors (Lipinski definition) is 0. The van der Waals surface area contributed by atoms with E-state index in [2.05, 4.69) is 36.0 Å². The Morgan fingerprint density at radius 3 is 2.46 bits per heavy atom. The van der Waals surface area contributed by atoms with Gasteiger partial charge in [0.25, 0.3) is 0 Å². The first-order valence-corrected chi connectivity index (χ1v) is 11.4. The number of benzene rings is 2. The van der Waals surface area contributed by atoms with Crippen LogP contribution in [0.15, 0.2) is 65.7 Å². The normalized spacial score (nSPS) is 11.3. The molecule has 0 aliphatic heterocycles. The van der Waals surface area contributed by atoms with E-state index in [1.54, 1.807) is 28.6 Å². The molecule has 0 amide bonds. The molecule has 3 aromatic heterocycles. The van der Waals surface area contributed by atoms with E-state index in [1.165, 1.54) is 5.56 Å². The van der Waals surface area contributed by atoms with Gasteiger partial charge in [0.05, 0.1) is 12.7 Å². The summed E-state index contributed by atoms with van der Waals surface area (Å²) in [4.78, 5) is 26.9. The van der Waals surface area contributed by atoms with E-state index >= 15 is 0 Å². The molecule has 3 heterocycles. The lowest BCUT2D eigenvalue weighted by molar-refractivity contribution is 0.731. The molecule has 0 radical (unpaired) electrons. The van der Waals surface area contributed by atoms with Crippen molar-refractivity contribution in [3.63, 3.8) is 0 Å². The van der Waals surface area contributed by atoms with Gasteiger partial charge in [-0.2, -0.15) is 5.26 Å². The fraction of sp³-hybridized carbons (Fsp3) is 0.222. The molecule has 0 saturated carbocycles. The molecule has 0 atom stereocenters. The highest BCUT2D eigenvalue weighted by atomic mass is 16.1. The molecular weight excluding hydrogens is 438 g/mol. The molecule has 5 rings (SSSR count). The van der Waals surface area contributed by atoms with Crippen LogP contribution in [0.5, 0.6) is 0 Å². The second kappa shape index (κ2) is 8.69. The molecule has 2 aromatic carbocycles. The van der Waals surface area contributed by atoms with E-state index in [0.717, 1.165) is 22.5 Å². The van der Waals surface area contributed by atoms with E-state index in [-0.39, 0.29) is 5.69 Å². The van der Waals surface area contributed by atoms with E-state index < -0.39 is 0 Å². The number of nitrogens with zero attached hydrogens (tertiary/aromatic N) is 7. The fourth-order valence-electron chi connectivity index (χ4n) is 4.38. The first-order chi connectivity index (χ1) is 16.9. The minimum absolute atomic E-state index is 0.143. The lowest BCUT2D eigenvalue weighted by Gasteiger charge is -2.11. The number of aryl methyl sites for hydroxylation is 2. The average Bonchev–Trinajstić information content (AvgIpc) is 3.37. The molecule has 0 aliphatic carbocycles. The molecule has 0 unspecified atom stereocenters. The Hall–Kier alpha value is -4.51. The summed E-state index contributed by atoms with van der Waals surface area (Å²) in [5.41, 5.74) is 5.53. The summed E-state index contributed by atoms with van der Waals surface area (Å²) < 4.78 is 5.09. The summed E-state index contributed by atoms with van der Waals surface area (Å²) in [6, 6.07) is 18.0. The largest absolute Gasteiger partial charge is 0.333 e. The highest BCUT2D eigenvalue weighted by Gasteiger charge is 2.17. The zero-order valence-electron chi connectivity index (χ0n) is 20.1. The van der Waals surface area contributed by atoms with Crippen LogP contribution in [-0.4, -0.2) is 28.7 Å². The number of aromatic nitrogens is 6. The highest BCUT2D eigenvalue weighted by molar-refractivity contribution is 5.74. The Labute approximate surface area is 202 Å². The zero-order valence-corrected chi connectivity index (χ0v) is 20.1. The van der Waals surface area contributed by atoms with Crippen LogP contribution >= 0.6 is 0 Å². The van der Waals surface area contributed by atoms with Crippen molar-refractivity contribution in [1.29, 1.82) is 5.26 Å². The van der Waals surface area contributed by atoms with Gasteiger partial charge in [-0.05, 0) is 17.0 Å². The maximum absolute atomic E-state index is 13.1. The van der Waals surface area contributed by atoms with E-state index in [4.69, 9.17) is 10.2 Å². The van der Waals surface area contributed by atoms with Gasteiger partial charge in [-0.3, -0.25) is 9.13 Å². The Bertz CT molecular complexity index is 1650. The van der Waals surface area contributed by atoms with Crippen molar-refractivity contribution in [2.45, 2.75) is 26.3 Å². The van der Waals surface area contributed by atoms with Gasteiger partial charge in [0.2, 0.25) is 0 Å². The van der Waals surface area contributed by atoms with E-state index in [0.29, 0.717) is 35.1 Å². The van der Waals surface area contributed by atoms with Crippen molar-refractivity contribution >= 4 is 11.2 Å². The Morgan fingerprint density at radius 2 is 1.77 bits per heavy atom. The molecule has 35 heavy (non-hydrogen) atoms. The lowest BCUT2D eigenvalue weighted by Crippen LogP contribution is -2.22. The van der Waals surface area contributed by atoms with Crippen LogP contribution in [0.2, 0.25) is 0 Å². The van der Waals surface area contributed by atoms with Crippen LogP contribution in [0, 0.1) is 11.3 Å². The third-order valence-corrected chi connectivity index (χ3v) is 6.25. The van der Waals surface area contributed by atoms with Crippen LogP contribution < -0.4 is 5.69 Å². The van der Waals surface area contributed by atoms with Crippen molar-refractivity contribution in [3.8, 4) is 28.8 Å². The first-order valence-electron chi connectivity index (χ1n) is 11.4. The quantitative estimate of drug-likeness (QED) is 0.389. The van der Waals surface area contributed by atoms with Gasteiger partial charge >= 0.3 is 5.69 Å². The highest BCUT2D eigenvalue weighted by Crippen LogP contribution is 2.27. The number of fused-ring (bicyclic) bond motifs is 1. The van der Waals surface area contributed by atoms with E-state index in [1.807, 2.05) is 54.1 Å². The molecule has 0 fully saturated rings. The monoisotopic (exact) mass is 463 g/mol. The van der Waals surface area contributed by atoms with E-state index in [9.17, 15) is 4.79 Å². The maximum Gasteiger partial charge on any atom is 0.330 e. The molecule has 0 aliphatic rings. The van der Waals surface area contributed by atoms with Crippen molar-refractivity contribution in [3.05, 3.63) is 88.2 Å². The lowest BCUT2D eigenvalue weighted by atomic mass is 9.97. The van der Waals surface area contributed by atoms with Crippen LogP contribution in [-0.2, 0) is 20.6 Å². The second-order valence-electron chi connectivity index (χ2n) is 8.94. The van der Waals surface area contributed by atoms with Crippen LogP contribution in [0.4, 0.5) is 0 Å². The molecule has 5 aromatic rings. The van der Waals surface area contributed by atoms with Gasteiger partial charge in [0.15, 0.2) is 17.2 Å². The Balaban J connectivity index is 1.54. The summed E-state index contributed by atoms with van der Waals surface area (Å²) in [5.74, 6) is 1.65. The predicted octanol–water partition coefficient (Wildman–Crippen LogP) is 4.24. The second-order valence-corrected chi connectivity index (χ2v) is 8.94. The minimum atomic E-state index is -0.143. The summed E-state index contributed by atoms with van der Waals surface area (Å²) in [5, 5.41) is 9.11.